The van der Waals surface area contributed by atoms with Crippen molar-refractivity contribution in [2.24, 2.45) is 0 Å². The Morgan fingerprint density at radius 2 is 1.88 bits per heavy atom. The first kappa shape index (κ1) is 8.96. The van der Waals surface area contributed by atoms with Crippen LogP contribution >= 0.6 is 0 Å². The van der Waals surface area contributed by atoms with Gasteiger partial charge in [0.15, 0.2) is 5.82 Å². The quantitative estimate of drug-likeness (QED) is 0.621. The lowest BCUT2D eigenvalue weighted by Gasteiger charge is -1.99. The number of halogens is 1. The molecule has 0 aliphatic carbocycles. The standard InChI is InChI=1S/C11H7FN4/c12-8-2-3-10-15-6-9(16(10)7-8)11-13-4-1-5-14-11/h1-7H. The fourth-order valence-corrected chi connectivity index (χ4v) is 1.55. The molecule has 4 nitrogen and oxygen atoms in total. The monoisotopic (exact) mass is 214 g/mol. The molecule has 3 rings (SSSR count). The molecule has 78 valence electrons. The second-order valence-corrected chi connectivity index (χ2v) is 3.29. The fourth-order valence-electron chi connectivity index (χ4n) is 1.55. The van der Waals surface area contributed by atoms with Gasteiger partial charge < -0.3 is 0 Å². The molecule has 0 aliphatic heterocycles. The maximum atomic E-state index is 13.1. The van der Waals surface area contributed by atoms with Gasteiger partial charge in [0.2, 0.25) is 0 Å². The van der Waals surface area contributed by atoms with Crippen molar-refractivity contribution in [1.29, 1.82) is 0 Å². The van der Waals surface area contributed by atoms with Gasteiger partial charge in [-0.3, -0.25) is 4.40 Å². The molecule has 3 aromatic rings. The SMILES string of the molecule is Fc1ccc2ncc(-c3ncccn3)n2c1. The van der Waals surface area contributed by atoms with E-state index in [0.29, 0.717) is 17.2 Å². The van der Waals surface area contributed by atoms with Crippen molar-refractivity contribution in [1.82, 2.24) is 19.4 Å². The minimum absolute atomic E-state index is 0.317. The largest absolute Gasteiger partial charge is 0.294 e. The molecular weight excluding hydrogens is 207 g/mol. The van der Waals surface area contributed by atoms with Crippen LogP contribution in [-0.4, -0.2) is 19.4 Å². The average Bonchev–Trinajstić information content (AvgIpc) is 2.73. The fraction of sp³-hybridized carbons (Fsp3) is 0. The second-order valence-electron chi connectivity index (χ2n) is 3.29. The van der Waals surface area contributed by atoms with Gasteiger partial charge in [0, 0.05) is 18.6 Å². The zero-order chi connectivity index (χ0) is 11.0. The van der Waals surface area contributed by atoms with Crippen LogP contribution in [0.1, 0.15) is 0 Å². The van der Waals surface area contributed by atoms with Crippen LogP contribution in [0.25, 0.3) is 17.2 Å². The van der Waals surface area contributed by atoms with E-state index in [1.807, 2.05) is 0 Å². The van der Waals surface area contributed by atoms with Crippen LogP contribution in [0.5, 0.6) is 0 Å². The summed E-state index contributed by atoms with van der Waals surface area (Å²) in [5, 5.41) is 0. The summed E-state index contributed by atoms with van der Waals surface area (Å²) in [6.45, 7) is 0. The van der Waals surface area contributed by atoms with E-state index in [1.165, 1.54) is 12.3 Å². The van der Waals surface area contributed by atoms with E-state index in [1.54, 1.807) is 35.1 Å². The Morgan fingerprint density at radius 3 is 2.69 bits per heavy atom. The van der Waals surface area contributed by atoms with E-state index in [0.717, 1.165) is 0 Å². The number of hydrogen-bond donors (Lipinski definition) is 0. The first-order chi connectivity index (χ1) is 7.84. The summed E-state index contributed by atoms with van der Waals surface area (Å²) in [4.78, 5) is 12.4. The van der Waals surface area contributed by atoms with Crippen LogP contribution in [0.15, 0.2) is 43.0 Å². The molecule has 3 heterocycles. The predicted octanol–water partition coefficient (Wildman–Crippen LogP) is 1.93. The molecule has 0 aromatic carbocycles. The maximum Gasteiger partial charge on any atom is 0.178 e. The van der Waals surface area contributed by atoms with Crippen molar-refractivity contribution in [3.05, 3.63) is 48.8 Å². The van der Waals surface area contributed by atoms with Crippen molar-refractivity contribution < 1.29 is 4.39 Å². The molecule has 0 atom stereocenters. The Kier molecular flexibility index (Phi) is 1.89. The molecule has 0 aliphatic rings. The van der Waals surface area contributed by atoms with Gasteiger partial charge in [-0.05, 0) is 18.2 Å². The highest BCUT2D eigenvalue weighted by Gasteiger charge is 2.07. The Labute approximate surface area is 90.4 Å². The van der Waals surface area contributed by atoms with E-state index < -0.39 is 0 Å². The number of fused-ring (bicyclic) bond motifs is 1. The van der Waals surface area contributed by atoms with Gasteiger partial charge >= 0.3 is 0 Å². The summed E-state index contributed by atoms with van der Waals surface area (Å²) in [6, 6.07) is 4.72. The highest BCUT2D eigenvalue weighted by Crippen LogP contribution is 2.16. The van der Waals surface area contributed by atoms with Crippen molar-refractivity contribution in [2.45, 2.75) is 0 Å². The number of pyridine rings is 1. The summed E-state index contributed by atoms with van der Waals surface area (Å²) < 4.78 is 14.8. The lowest BCUT2D eigenvalue weighted by molar-refractivity contribution is 0.619. The van der Waals surface area contributed by atoms with Crippen LogP contribution < -0.4 is 0 Å². The topological polar surface area (TPSA) is 43.1 Å². The molecule has 0 amide bonds. The Balaban J connectivity index is 2.29. The summed E-state index contributed by atoms with van der Waals surface area (Å²) in [7, 11) is 0. The van der Waals surface area contributed by atoms with Gasteiger partial charge in [0.05, 0.1) is 6.20 Å². The van der Waals surface area contributed by atoms with Crippen LogP contribution in [-0.2, 0) is 0 Å². The van der Waals surface area contributed by atoms with E-state index in [4.69, 9.17) is 0 Å². The van der Waals surface area contributed by atoms with Crippen LogP contribution in [0.4, 0.5) is 4.39 Å². The average molecular weight is 214 g/mol. The van der Waals surface area contributed by atoms with Crippen molar-refractivity contribution in [3.8, 4) is 11.5 Å². The maximum absolute atomic E-state index is 13.1. The molecule has 0 saturated carbocycles. The van der Waals surface area contributed by atoms with E-state index >= 15 is 0 Å². The zero-order valence-electron chi connectivity index (χ0n) is 8.21. The number of nitrogens with zero attached hydrogens (tertiary/aromatic N) is 4. The highest BCUT2D eigenvalue weighted by atomic mass is 19.1. The number of aromatic nitrogens is 4. The molecule has 0 saturated heterocycles. The lowest BCUT2D eigenvalue weighted by Crippen LogP contribution is -1.93. The van der Waals surface area contributed by atoms with Crippen molar-refractivity contribution >= 4 is 5.65 Å². The molecule has 0 spiro atoms. The van der Waals surface area contributed by atoms with E-state index in [9.17, 15) is 4.39 Å². The minimum atomic E-state index is -0.317. The molecule has 5 heteroatoms. The summed E-state index contributed by atoms with van der Waals surface area (Å²) >= 11 is 0. The van der Waals surface area contributed by atoms with Gasteiger partial charge in [-0.15, -0.1) is 0 Å². The van der Waals surface area contributed by atoms with E-state index in [2.05, 4.69) is 15.0 Å². The summed E-state index contributed by atoms with van der Waals surface area (Å²) in [6.07, 6.45) is 6.28. The normalized spacial score (nSPS) is 10.8. The van der Waals surface area contributed by atoms with Crippen LogP contribution in [0.3, 0.4) is 0 Å². The van der Waals surface area contributed by atoms with Gasteiger partial charge in [-0.25, -0.2) is 19.3 Å². The summed E-state index contributed by atoms with van der Waals surface area (Å²) in [5.74, 6) is 0.211. The van der Waals surface area contributed by atoms with Gasteiger partial charge in [0.1, 0.15) is 17.2 Å². The third-order valence-corrected chi connectivity index (χ3v) is 2.26. The number of imidazole rings is 1. The minimum Gasteiger partial charge on any atom is -0.294 e. The molecule has 0 radical (unpaired) electrons. The zero-order valence-corrected chi connectivity index (χ0v) is 8.21. The van der Waals surface area contributed by atoms with Gasteiger partial charge in [0.25, 0.3) is 0 Å². The molecule has 0 N–H and O–H groups in total. The Bertz CT molecular complexity index is 633. The molecule has 16 heavy (non-hydrogen) atoms. The van der Waals surface area contributed by atoms with Gasteiger partial charge in [-0.2, -0.15) is 0 Å². The number of hydrogen-bond acceptors (Lipinski definition) is 3. The first-order valence-corrected chi connectivity index (χ1v) is 4.74. The number of rotatable bonds is 1. The van der Waals surface area contributed by atoms with Crippen molar-refractivity contribution in [2.75, 3.05) is 0 Å². The molecule has 0 bridgehead atoms. The highest BCUT2D eigenvalue weighted by molar-refractivity contribution is 5.56. The van der Waals surface area contributed by atoms with Crippen LogP contribution in [0, 0.1) is 5.82 Å². The van der Waals surface area contributed by atoms with Crippen molar-refractivity contribution in [3.63, 3.8) is 0 Å². The van der Waals surface area contributed by atoms with E-state index in [-0.39, 0.29) is 5.82 Å². The second kappa shape index (κ2) is 3.37. The summed E-state index contributed by atoms with van der Waals surface area (Å²) in [5.41, 5.74) is 1.35. The molecule has 3 aromatic heterocycles. The van der Waals surface area contributed by atoms with Gasteiger partial charge in [-0.1, -0.05) is 0 Å². The third-order valence-electron chi connectivity index (χ3n) is 2.26. The molecule has 0 unspecified atom stereocenters. The van der Waals surface area contributed by atoms with Crippen LogP contribution in [0.2, 0.25) is 0 Å². The lowest BCUT2D eigenvalue weighted by atomic mass is 10.4. The molecule has 0 fully saturated rings. The Morgan fingerprint density at radius 1 is 1.06 bits per heavy atom. The first-order valence-electron chi connectivity index (χ1n) is 4.74. The Hall–Kier alpha value is -2.30. The molecular formula is C11H7FN4. The predicted molar refractivity (Wildman–Crippen MR) is 56.2 cm³/mol. The third kappa shape index (κ3) is 1.33. The smallest absolute Gasteiger partial charge is 0.178 e.